The van der Waals surface area contributed by atoms with E-state index in [1.807, 2.05) is 37.3 Å². The number of carbonyl (C=O) groups excluding carboxylic acids is 1. The van der Waals surface area contributed by atoms with Crippen molar-refractivity contribution in [2.75, 3.05) is 0 Å². The Labute approximate surface area is 230 Å². The van der Waals surface area contributed by atoms with Gasteiger partial charge in [-0.2, -0.15) is 0 Å². The molecule has 208 valence electrons. The van der Waals surface area contributed by atoms with E-state index >= 15 is 0 Å². The van der Waals surface area contributed by atoms with E-state index in [4.69, 9.17) is 4.74 Å². The first kappa shape index (κ1) is 28.4. The average molecular weight is 534 g/mol. The van der Waals surface area contributed by atoms with Crippen molar-refractivity contribution in [3.05, 3.63) is 82.0 Å². The lowest BCUT2D eigenvalue weighted by atomic mass is 9.84. The number of hydrogen-bond donors (Lipinski definition) is 3. The van der Waals surface area contributed by atoms with Gasteiger partial charge in [-0.1, -0.05) is 53.6 Å². The predicted octanol–water partition coefficient (Wildman–Crippen LogP) is 5.57. The summed E-state index contributed by atoms with van der Waals surface area (Å²) in [5.74, 6) is -1.27. The highest BCUT2D eigenvalue weighted by atomic mass is 16.5. The summed E-state index contributed by atoms with van der Waals surface area (Å²) in [5, 5.41) is 31.8. The predicted molar refractivity (Wildman–Crippen MR) is 150 cm³/mol. The van der Waals surface area contributed by atoms with E-state index in [0.717, 1.165) is 18.4 Å². The van der Waals surface area contributed by atoms with Crippen molar-refractivity contribution in [3.8, 4) is 11.5 Å². The van der Waals surface area contributed by atoms with Crippen molar-refractivity contribution in [2.45, 2.75) is 90.5 Å². The standard InChI is InChI=1S/C32H39NO6/c1-20(2)10-8-11-21(3)12-9-15-32(4)28(35)18-24-27(34)17-23-25(29(24)39-32)19-33(30(23)36)26(31(37)38)16-22-13-6-5-7-14-22/h5-7,10,12-14,17,26,28,34-35H,8-9,11,15-16,18-19H2,1-4H3,(H,37,38)/b21-12+/t26-,28?,32?/m1/s1. The van der Waals surface area contributed by atoms with Crippen LogP contribution in [0.1, 0.15) is 80.4 Å². The number of hydrogen-bond acceptors (Lipinski definition) is 5. The van der Waals surface area contributed by atoms with Crippen LogP contribution in [0.4, 0.5) is 0 Å². The van der Waals surface area contributed by atoms with Crippen molar-refractivity contribution >= 4 is 11.9 Å². The minimum Gasteiger partial charge on any atom is -0.508 e. The fourth-order valence-corrected chi connectivity index (χ4v) is 5.44. The van der Waals surface area contributed by atoms with Crippen LogP contribution < -0.4 is 4.74 Å². The van der Waals surface area contributed by atoms with Crippen LogP contribution in [0.15, 0.2) is 59.7 Å². The smallest absolute Gasteiger partial charge is 0.326 e. The maximum absolute atomic E-state index is 13.4. The zero-order valence-corrected chi connectivity index (χ0v) is 23.2. The minimum absolute atomic E-state index is 0.0656. The van der Waals surface area contributed by atoms with Crippen LogP contribution in [-0.4, -0.2) is 49.8 Å². The Morgan fingerprint density at radius 3 is 2.54 bits per heavy atom. The molecule has 0 spiro atoms. The summed E-state index contributed by atoms with van der Waals surface area (Å²) in [7, 11) is 0. The molecule has 0 fully saturated rings. The van der Waals surface area contributed by atoms with Gasteiger partial charge in [-0.3, -0.25) is 4.79 Å². The zero-order chi connectivity index (χ0) is 28.3. The van der Waals surface area contributed by atoms with Crippen LogP contribution in [0.2, 0.25) is 0 Å². The van der Waals surface area contributed by atoms with Gasteiger partial charge in [0.05, 0.1) is 18.2 Å². The molecule has 0 saturated heterocycles. The molecule has 2 aliphatic heterocycles. The van der Waals surface area contributed by atoms with Crippen LogP contribution in [0.25, 0.3) is 0 Å². The van der Waals surface area contributed by atoms with Crippen molar-refractivity contribution in [3.63, 3.8) is 0 Å². The van der Waals surface area contributed by atoms with Crippen molar-refractivity contribution in [2.24, 2.45) is 0 Å². The van der Waals surface area contributed by atoms with Gasteiger partial charge in [-0.15, -0.1) is 0 Å². The second-order valence-corrected chi connectivity index (χ2v) is 11.3. The van der Waals surface area contributed by atoms with E-state index in [1.165, 1.54) is 22.1 Å². The molecule has 1 amide bonds. The van der Waals surface area contributed by atoms with Crippen molar-refractivity contribution < 1.29 is 29.6 Å². The number of aliphatic carboxylic acids is 1. The number of ether oxygens (including phenoxy) is 1. The number of aliphatic hydroxyl groups excluding tert-OH is 1. The van der Waals surface area contributed by atoms with Crippen LogP contribution in [0.3, 0.4) is 0 Å². The molecule has 2 heterocycles. The molecule has 4 rings (SSSR count). The SMILES string of the molecule is CC(C)=CCC/C(C)=C/CCC1(C)Oc2c(c(O)cc3c2CN([C@H](Cc2ccccc2)C(=O)O)C3=O)CC1O. The number of carboxylic acids is 1. The summed E-state index contributed by atoms with van der Waals surface area (Å²) < 4.78 is 6.43. The molecular formula is C32H39NO6. The van der Waals surface area contributed by atoms with Gasteiger partial charge >= 0.3 is 5.97 Å². The third-order valence-corrected chi connectivity index (χ3v) is 7.88. The molecule has 0 aromatic heterocycles. The Morgan fingerprint density at radius 1 is 1.15 bits per heavy atom. The van der Waals surface area contributed by atoms with E-state index in [-0.39, 0.29) is 30.7 Å². The van der Waals surface area contributed by atoms with Gasteiger partial charge in [0, 0.05) is 24.0 Å². The van der Waals surface area contributed by atoms with Crippen LogP contribution in [0.5, 0.6) is 11.5 Å². The number of carbonyl (C=O) groups is 2. The number of allylic oxidation sites excluding steroid dienone is 4. The van der Waals surface area contributed by atoms with Crippen molar-refractivity contribution in [1.29, 1.82) is 0 Å². The molecule has 0 radical (unpaired) electrons. The number of carboxylic acid groups (broad SMARTS) is 1. The number of aliphatic hydroxyl groups is 1. The molecule has 7 nitrogen and oxygen atoms in total. The number of fused-ring (bicyclic) bond motifs is 3. The molecule has 3 atom stereocenters. The van der Waals surface area contributed by atoms with E-state index in [0.29, 0.717) is 29.7 Å². The molecule has 2 aromatic carbocycles. The van der Waals surface area contributed by atoms with Gasteiger partial charge in [-0.05, 0) is 65.0 Å². The quantitative estimate of drug-likeness (QED) is 0.345. The Balaban J connectivity index is 1.56. The fraction of sp³-hybridized carbons (Fsp3) is 0.438. The zero-order valence-electron chi connectivity index (χ0n) is 23.2. The number of nitrogens with zero attached hydrogens (tertiary/aromatic N) is 1. The Kier molecular flexibility index (Phi) is 8.50. The summed E-state index contributed by atoms with van der Waals surface area (Å²) in [6.45, 7) is 8.20. The largest absolute Gasteiger partial charge is 0.508 e. The van der Waals surface area contributed by atoms with Gasteiger partial charge < -0.3 is 25.0 Å². The molecule has 2 unspecified atom stereocenters. The van der Waals surface area contributed by atoms with E-state index in [9.17, 15) is 24.9 Å². The molecule has 0 bridgehead atoms. The van der Waals surface area contributed by atoms with Gasteiger partial charge in [0.1, 0.15) is 23.1 Å². The first-order chi connectivity index (χ1) is 18.5. The van der Waals surface area contributed by atoms with Gasteiger partial charge in [-0.25, -0.2) is 4.79 Å². The fourth-order valence-electron chi connectivity index (χ4n) is 5.44. The first-order valence-corrected chi connectivity index (χ1v) is 13.6. The maximum Gasteiger partial charge on any atom is 0.326 e. The molecule has 3 N–H and O–H groups in total. The van der Waals surface area contributed by atoms with Gasteiger partial charge in [0.2, 0.25) is 0 Å². The average Bonchev–Trinajstić information content (AvgIpc) is 3.20. The molecule has 7 heteroatoms. The third kappa shape index (κ3) is 6.19. The highest BCUT2D eigenvalue weighted by Gasteiger charge is 2.45. The summed E-state index contributed by atoms with van der Waals surface area (Å²) in [4.78, 5) is 27.0. The molecule has 0 saturated carbocycles. The van der Waals surface area contributed by atoms with Crippen LogP contribution in [-0.2, 0) is 24.2 Å². The molecule has 0 aliphatic carbocycles. The summed E-state index contributed by atoms with van der Waals surface area (Å²) >= 11 is 0. The second-order valence-electron chi connectivity index (χ2n) is 11.3. The molecular weight excluding hydrogens is 494 g/mol. The maximum atomic E-state index is 13.4. The highest BCUT2D eigenvalue weighted by Crippen LogP contribution is 2.46. The topological polar surface area (TPSA) is 107 Å². The molecule has 2 aromatic rings. The third-order valence-electron chi connectivity index (χ3n) is 7.88. The molecule has 39 heavy (non-hydrogen) atoms. The lowest BCUT2D eigenvalue weighted by Gasteiger charge is -2.41. The summed E-state index contributed by atoms with van der Waals surface area (Å²) in [6, 6.07) is 9.53. The first-order valence-electron chi connectivity index (χ1n) is 13.6. The second kappa shape index (κ2) is 11.7. The Bertz CT molecular complexity index is 1290. The normalized spacial score (nSPS) is 21.2. The highest BCUT2D eigenvalue weighted by molar-refractivity contribution is 6.02. The summed E-state index contributed by atoms with van der Waals surface area (Å²) in [6.07, 6.45) is 7.15. The number of phenols is 1. The number of rotatable bonds is 10. The Hall–Kier alpha value is -3.58. The van der Waals surface area contributed by atoms with E-state index in [2.05, 4.69) is 32.9 Å². The number of benzene rings is 2. The minimum atomic E-state index is -1.09. The Morgan fingerprint density at radius 2 is 1.87 bits per heavy atom. The van der Waals surface area contributed by atoms with Gasteiger partial charge in [0.25, 0.3) is 5.91 Å². The van der Waals surface area contributed by atoms with Gasteiger partial charge in [0.15, 0.2) is 0 Å². The van der Waals surface area contributed by atoms with Crippen molar-refractivity contribution in [1.82, 2.24) is 4.90 Å². The van der Waals surface area contributed by atoms with E-state index in [1.54, 1.807) is 0 Å². The lowest BCUT2D eigenvalue weighted by molar-refractivity contribution is -0.142. The monoisotopic (exact) mass is 533 g/mol. The number of amides is 1. The van der Waals surface area contributed by atoms with Crippen LogP contribution >= 0.6 is 0 Å². The van der Waals surface area contributed by atoms with Crippen LogP contribution in [0, 0.1) is 0 Å². The number of aromatic hydroxyl groups is 1. The summed E-state index contributed by atoms with van der Waals surface area (Å²) in [5.41, 5.74) is 3.75. The number of phenolic OH excluding ortho intramolecular Hbond substituents is 1. The lowest BCUT2D eigenvalue weighted by Crippen LogP contribution is -2.49. The van der Waals surface area contributed by atoms with E-state index < -0.39 is 29.6 Å². The molecule has 2 aliphatic rings.